The van der Waals surface area contributed by atoms with Crippen LogP contribution in [0, 0.1) is 0 Å². The van der Waals surface area contributed by atoms with Gasteiger partial charge < -0.3 is 15.0 Å². The van der Waals surface area contributed by atoms with E-state index in [4.69, 9.17) is 27.9 Å². The van der Waals surface area contributed by atoms with Crippen LogP contribution >= 0.6 is 23.2 Å². The number of halogens is 2. The minimum absolute atomic E-state index is 0.0272. The molecule has 0 saturated heterocycles. The molecule has 2 amide bonds. The van der Waals surface area contributed by atoms with E-state index in [1.165, 1.54) is 17.0 Å². The summed E-state index contributed by atoms with van der Waals surface area (Å²) in [5.74, 6) is -0.367. The first-order chi connectivity index (χ1) is 19.6. The van der Waals surface area contributed by atoms with Crippen molar-refractivity contribution in [3.8, 4) is 5.75 Å². The fourth-order valence-corrected chi connectivity index (χ4v) is 5.98. The Hall–Kier alpha value is -3.27. The van der Waals surface area contributed by atoms with Gasteiger partial charge in [0.15, 0.2) is 0 Å². The highest BCUT2D eigenvalue weighted by Crippen LogP contribution is 2.27. The smallest absolute Gasteiger partial charge is 0.264 e. The van der Waals surface area contributed by atoms with Crippen molar-refractivity contribution in [3.05, 3.63) is 88.4 Å². The van der Waals surface area contributed by atoms with Gasteiger partial charge in [-0.05, 0) is 74.4 Å². The average Bonchev–Trinajstić information content (AvgIpc) is 2.96. The summed E-state index contributed by atoms with van der Waals surface area (Å²) in [6.45, 7) is 5.80. The summed E-state index contributed by atoms with van der Waals surface area (Å²) in [7, 11) is -4.16. The molecule has 0 aliphatic heterocycles. The molecule has 0 bridgehead atoms. The van der Waals surface area contributed by atoms with Gasteiger partial charge >= 0.3 is 0 Å². The van der Waals surface area contributed by atoms with Crippen molar-refractivity contribution in [2.45, 2.75) is 51.1 Å². The average molecular weight is 621 g/mol. The highest BCUT2D eigenvalue weighted by Gasteiger charge is 2.32. The summed E-state index contributed by atoms with van der Waals surface area (Å²) in [5.41, 5.74) is 0.839. The van der Waals surface area contributed by atoms with Gasteiger partial charge in [-0.15, -0.1) is 0 Å². The second-order valence-electron chi connectivity index (χ2n) is 9.33. The van der Waals surface area contributed by atoms with Crippen LogP contribution < -0.4 is 14.4 Å². The Morgan fingerprint density at radius 1 is 0.976 bits per heavy atom. The molecule has 0 saturated carbocycles. The van der Waals surface area contributed by atoms with E-state index in [2.05, 4.69) is 5.32 Å². The van der Waals surface area contributed by atoms with Crippen molar-refractivity contribution in [2.24, 2.45) is 0 Å². The first kappa shape index (κ1) is 32.2. The van der Waals surface area contributed by atoms with Gasteiger partial charge in [-0.1, -0.05) is 60.8 Å². The van der Waals surface area contributed by atoms with E-state index in [0.717, 1.165) is 17.1 Å². The Labute approximate surface area is 252 Å². The monoisotopic (exact) mass is 619 g/mol. The lowest BCUT2D eigenvalue weighted by atomic mass is 10.1. The van der Waals surface area contributed by atoms with E-state index in [1.807, 2.05) is 13.8 Å². The Morgan fingerprint density at radius 2 is 1.66 bits per heavy atom. The van der Waals surface area contributed by atoms with Crippen LogP contribution in [0.5, 0.6) is 5.75 Å². The molecular weight excluding hydrogens is 585 g/mol. The number of anilines is 1. The number of carbonyl (C=O) groups excluding carboxylic acids is 2. The zero-order chi connectivity index (χ0) is 30.0. The van der Waals surface area contributed by atoms with Gasteiger partial charge in [0.1, 0.15) is 18.3 Å². The van der Waals surface area contributed by atoms with E-state index in [9.17, 15) is 18.0 Å². The van der Waals surface area contributed by atoms with Crippen molar-refractivity contribution in [2.75, 3.05) is 24.0 Å². The second-order valence-corrected chi connectivity index (χ2v) is 12.0. The standard InChI is InChI=1S/C30H35Cl2N3O5S/c1-4-6-18-33-30(37)22(3)34(20-23-12-13-24(31)19-28(23)32)29(36)21-35(25-14-16-26(17-15-25)40-5-2)41(38,39)27-10-8-7-9-11-27/h7-17,19,22H,4-6,18,20-21H2,1-3H3,(H,33,37). The van der Waals surface area contributed by atoms with Crippen LogP contribution in [0.4, 0.5) is 5.69 Å². The number of ether oxygens (including phenoxy) is 1. The van der Waals surface area contributed by atoms with E-state index in [1.54, 1.807) is 67.6 Å². The molecule has 3 aromatic carbocycles. The Bertz CT molecular complexity index is 1420. The number of rotatable bonds is 14. The normalized spacial score (nSPS) is 11.9. The van der Waals surface area contributed by atoms with Gasteiger partial charge in [-0.25, -0.2) is 8.42 Å². The van der Waals surface area contributed by atoms with Crippen LogP contribution in [-0.2, 0) is 26.2 Å². The summed E-state index contributed by atoms with van der Waals surface area (Å²) in [6, 6.07) is 18.3. The number of benzene rings is 3. The molecule has 1 atom stereocenters. The van der Waals surface area contributed by atoms with Crippen molar-refractivity contribution in [1.82, 2.24) is 10.2 Å². The number of sulfonamides is 1. The van der Waals surface area contributed by atoms with Crippen LogP contribution in [0.3, 0.4) is 0 Å². The summed E-state index contributed by atoms with van der Waals surface area (Å²) in [6.07, 6.45) is 1.68. The minimum Gasteiger partial charge on any atom is -0.494 e. The number of nitrogens with one attached hydrogen (secondary N) is 1. The number of hydrogen-bond acceptors (Lipinski definition) is 5. The lowest BCUT2D eigenvalue weighted by Gasteiger charge is -2.32. The highest BCUT2D eigenvalue weighted by atomic mass is 35.5. The minimum atomic E-state index is -4.16. The molecule has 220 valence electrons. The maximum absolute atomic E-state index is 14.0. The molecule has 0 aliphatic carbocycles. The Balaban J connectivity index is 2.01. The third kappa shape index (κ3) is 8.61. The molecule has 0 spiro atoms. The maximum atomic E-state index is 14.0. The van der Waals surface area contributed by atoms with Crippen molar-refractivity contribution >= 4 is 50.7 Å². The predicted octanol–water partition coefficient (Wildman–Crippen LogP) is 5.92. The molecule has 3 rings (SSSR count). The number of amides is 2. The number of unbranched alkanes of at least 4 members (excludes halogenated alkanes) is 1. The van der Waals surface area contributed by atoms with Crippen molar-refractivity contribution < 1.29 is 22.7 Å². The zero-order valence-electron chi connectivity index (χ0n) is 23.3. The molecule has 0 radical (unpaired) electrons. The fourth-order valence-electron chi connectivity index (χ4n) is 4.08. The molecule has 11 heteroatoms. The SMILES string of the molecule is CCCCNC(=O)C(C)N(Cc1ccc(Cl)cc1Cl)C(=O)CN(c1ccc(OCC)cc1)S(=O)(=O)c1ccccc1. The van der Waals surface area contributed by atoms with Crippen molar-refractivity contribution in [1.29, 1.82) is 0 Å². The lowest BCUT2D eigenvalue weighted by Crippen LogP contribution is -2.51. The van der Waals surface area contributed by atoms with Crippen LogP contribution in [0.2, 0.25) is 10.0 Å². The van der Waals surface area contributed by atoms with Crippen LogP contribution in [0.15, 0.2) is 77.7 Å². The summed E-state index contributed by atoms with van der Waals surface area (Å²) in [5, 5.41) is 3.61. The van der Waals surface area contributed by atoms with Crippen LogP contribution in [-0.4, -0.2) is 50.9 Å². The van der Waals surface area contributed by atoms with Crippen LogP contribution in [0.25, 0.3) is 0 Å². The summed E-state index contributed by atoms with van der Waals surface area (Å²) in [4.78, 5) is 28.4. The molecule has 0 aliphatic rings. The third-order valence-corrected chi connectivity index (χ3v) is 8.77. The topological polar surface area (TPSA) is 96.0 Å². The second kappa shape index (κ2) is 15.1. The largest absolute Gasteiger partial charge is 0.494 e. The maximum Gasteiger partial charge on any atom is 0.264 e. The van der Waals surface area contributed by atoms with Crippen molar-refractivity contribution in [3.63, 3.8) is 0 Å². The first-order valence-electron chi connectivity index (χ1n) is 13.4. The van der Waals surface area contributed by atoms with Crippen LogP contribution in [0.1, 0.15) is 39.2 Å². The number of carbonyl (C=O) groups is 2. The molecule has 3 aromatic rings. The quantitative estimate of drug-likeness (QED) is 0.226. The van der Waals surface area contributed by atoms with E-state index in [0.29, 0.717) is 34.5 Å². The Kier molecular flexibility index (Phi) is 11.9. The number of nitrogens with zero attached hydrogens (tertiary/aromatic N) is 2. The van der Waals surface area contributed by atoms with Gasteiger partial charge in [-0.3, -0.25) is 13.9 Å². The third-order valence-electron chi connectivity index (χ3n) is 6.40. The zero-order valence-corrected chi connectivity index (χ0v) is 25.7. The molecule has 1 unspecified atom stereocenters. The first-order valence-corrected chi connectivity index (χ1v) is 15.6. The lowest BCUT2D eigenvalue weighted by molar-refractivity contribution is -0.139. The molecule has 1 N–H and O–H groups in total. The fraction of sp³-hybridized carbons (Fsp3) is 0.333. The predicted molar refractivity (Wildman–Crippen MR) is 163 cm³/mol. The van der Waals surface area contributed by atoms with Gasteiger partial charge in [0.05, 0.1) is 17.2 Å². The molecular formula is C30H35Cl2N3O5S. The van der Waals surface area contributed by atoms with E-state index in [-0.39, 0.29) is 23.0 Å². The molecule has 0 fully saturated rings. The van der Waals surface area contributed by atoms with E-state index < -0.39 is 28.5 Å². The summed E-state index contributed by atoms with van der Waals surface area (Å²) >= 11 is 12.5. The summed E-state index contributed by atoms with van der Waals surface area (Å²) < 4.78 is 34.2. The molecule has 0 heterocycles. The number of hydrogen-bond donors (Lipinski definition) is 1. The molecule has 8 nitrogen and oxygen atoms in total. The van der Waals surface area contributed by atoms with Gasteiger partial charge in [-0.2, -0.15) is 0 Å². The highest BCUT2D eigenvalue weighted by molar-refractivity contribution is 7.92. The Morgan fingerprint density at radius 3 is 2.27 bits per heavy atom. The van der Waals surface area contributed by atoms with E-state index >= 15 is 0 Å². The van der Waals surface area contributed by atoms with Gasteiger partial charge in [0, 0.05) is 23.1 Å². The van der Waals surface area contributed by atoms with Gasteiger partial charge in [0.2, 0.25) is 11.8 Å². The molecule has 41 heavy (non-hydrogen) atoms. The molecule has 0 aromatic heterocycles. The van der Waals surface area contributed by atoms with Gasteiger partial charge in [0.25, 0.3) is 10.0 Å².